The normalized spacial score (nSPS) is 11.6. The molecule has 0 atom stereocenters. The summed E-state index contributed by atoms with van der Waals surface area (Å²) in [5, 5.41) is 0. The summed E-state index contributed by atoms with van der Waals surface area (Å²) in [6.07, 6.45) is 0. The van der Waals surface area contributed by atoms with Crippen molar-refractivity contribution in [1.82, 2.24) is 4.72 Å². The van der Waals surface area contributed by atoms with E-state index in [1.54, 1.807) is 19.1 Å². The minimum absolute atomic E-state index is 0.148. The van der Waals surface area contributed by atoms with Crippen LogP contribution in [0.5, 0.6) is 0 Å². The number of halogens is 1. The van der Waals surface area contributed by atoms with E-state index < -0.39 is 21.8 Å². The summed E-state index contributed by atoms with van der Waals surface area (Å²) in [4.78, 5) is 12.0. The Balaban J connectivity index is 2.28. The van der Waals surface area contributed by atoms with Crippen molar-refractivity contribution in [2.45, 2.75) is 25.7 Å². The first kappa shape index (κ1) is 20.1. The zero-order chi connectivity index (χ0) is 19.3. The van der Waals surface area contributed by atoms with Crippen LogP contribution in [0.2, 0.25) is 0 Å². The number of sulfonamides is 1. The number of rotatable bonds is 7. The molecule has 1 N–H and O–H groups in total. The lowest BCUT2D eigenvalue weighted by atomic mass is 10.0. The van der Waals surface area contributed by atoms with Crippen molar-refractivity contribution in [2.75, 3.05) is 13.2 Å². The highest BCUT2D eigenvalue weighted by Crippen LogP contribution is 2.24. The molecule has 0 unspecified atom stereocenters. The van der Waals surface area contributed by atoms with Crippen molar-refractivity contribution in [3.63, 3.8) is 0 Å². The van der Waals surface area contributed by atoms with Crippen LogP contribution >= 0.6 is 0 Å². The van der Waals surface area contributed by atoms with Crippen LogP contribution in [0.15, 0.2) is 47.4 Å². The fraction of sp³-hybridized carbons (Fsp3) is 0.316. The van der Waals surface area contributed by atoms with Crippen molar-refractivity contribution in [3.8, 4) is 11.1 Å². The molecule has 140 valence electrons. The van der Waals surface area contributed by atoms with Gasteiger partial charge in [-0.05, 0) is 48.2 Å². The highest BCUT2D eigenvalue weighted by atomic mass is 32.2. The Hall–Kier alpha value is -2.25. The first-order valence-corrected chi connectivity index (χ1v) is 9.79. The molecule has 26 heavy (non-hydrogen) atoms. The number of ether oxygens (including phenoxy) is 1. The zero-order valence-corrected chi connectivity index (χ0v) is 15.8. The van der Waals surface area contributed by atoms with Gasteiger partial charge in [-0.25, -0.2) is 22.3 Å². The van der Waals surface area contributed by atoms with Crippen LogP contribution in [0.4, 0.5) is 4.39 Å². The predicted molar refractivity (Wildman–Crippen MR) is 97.8 cm³/mol. The van der Waals surface area contributed by atoms with Crippen LogP contribution in [-0.4, -0.2) is 27.5 Å². The van der Waals surface area contributed by atoms with Crippen molar-refractivity contribution < 1.29 is 22.3 Å². The Morgan fingerprint density at radius 2 is 1.73 bits per heavy atom. The van der Waals surface area contributed by atoms with Crippen molar-refractivity contribution in [2.24, 2.45) is 5.92 Å². The molecule has 0 aliphatic rings. The maximum Gasteiger partial charge on any atom is 0.341 e. The lowest BCUT2D eigenvalue weighted by molar-refractivity contribution is 0.0521. The minimum Gasteiger partial charge on any atom is -0.462 e. The number of benzene rings is 2. The number of carbonyl (C=O) groups is 1. The lowest BCUT2D eigenvalue weighted by Crippen LogP contribution is -2.27. The molecule has 5 nitrogen and oxygen atoms in total. The summed E-state index contributed by atoms with van der Waals surface area (Å²) >= 11 is 0. The monoisotopic (exact) mass is 379 g/mol. The number of carbonyl (C=O) groups excluding carboxylic acids is 1. The Bertz CT molecular complexity index is 877. The van der Waals surface area contributed by atoms with Gasteiger partial charge in [0.1, 0.15) is 5.82 Å². The predicted octanol–water partition coefficient (Wildman–Crippen LogP) is 3.60. The second kappa shape index (κ2) is 8.42. The van der Waals surface area contributed by atoms with Gasteiger partial charge in [0.05, 0.1) is 17.1 Å². The third-order valence-electron chi connectivity index (χ3n) is 3.64. The first-order chi connectivity index (χ1) is 12.2. The fourth-order valence-electron chi connectivity index (χ4n) is 2.26. The SMILES string of the molecule is CCOC(=O)c1cc(-c2ccc(S(=O)(=O)NCC(C)C)cc2)ccc1F. The number of hydrogen-bond acceptors (Lipinski definition) is 4. The fourth-order valence-corrected chi connectivity index (χ4v) is 3.47. The van der Waals surface area contributed by atoms with E-state index in [1.807, 2.05) is 13.8 Å². The van der Waals surface area contributed by atoms with Crippen molar-refractivity contribution >= 4 is 16.0 Å². The van der Waals surface area contributed by atoms with Crippen LogP contribution in [-0.2, 0) is 14.8 Å². The van der Waals surface area contributed by atoms with E-state index in [9.17, 15) is 17.6 Å². The standard InChI is InChI=1S/C19H22FNO4S/c1-4-25-19(22)17-11-15(7-10-18(17)20)14-5-8-16(9-6-14)26(23,24)21-12-13(2)3/h5-11,13,21H,4,12H2,1-3H3. The summed E-state index contributed by atoms with van der Waals surface area (Å²) in [5.41, 5.74) is 1.10. The molecular weight excluding hydrogens is 357 g/mol. The summed E-state index contributed by atoms with van der Waals surface area (Å²) < 4.78 is 45.7. The van der Waals surface area contributed by atoms with Gasteiger partial charge in [-0.15, -0.1) is 0 Å². The van der Waals surface area contributed by atoms with Gasteiger partial charge >= 0.3 is 5.97 Å². The molecule has 0 amide bonds. The smallest absolute Gasteiger partial charge is 0.341 e. The van der Waals surface area contributed by atoms with Crippen LogP contribution < -0.4 is 4.72 Å². The number of esters is 1. The highest BCUT2D eigenvalue weighted by molar-refractivity contribution is 7.89. The van der Waals surface area contributed by atoms with Crippen molar-refractivity contribution in [3.05, 3.63) is 53.8 Å². The molecule has 0 aliphatic heterocycles. The molecule has 0 radical (unpaired) electrons. The Labute approximate surface area is 153 Å². The summed E-state index contributed by atoms with van der Waals surface area (Å²) in [6.45, 7) is 5.98. The topological polar surface area (TPSA) is 72.5 Å². The summed E-state index contributed by atoms with van der Waals surface area (Å²) in [7, 11) is -3.57. The van der Waals surface area contributed by atoms with Gasteiger partial charge in [0.15, 0.2) is 0 Å². The van der Waals surface area contributed by atoms with Crippen LogP contribution in [0, 0.1) is 11.7 Å². The Morgan fingerprint density at radius 3 is 2.31 bits per heavy atom. The third-order valence-corrected chi connectivity index (χ3v) is 5.08. The maximum absolute atomic E-state index is 13.8. The highest BCUT2D eigenvalue weighted by Gasteiger charge is 2.16. The molecule has 0 aliphatic carbocycles. The molecule has 2 aromatic rings. The van der Waals surface area contributed by atoms with E-state index in [1.165, 1.54) is 30.3 Å². The molecule has 0 bridgehead atoms. The maximum atomic E-state index is 13.8. The Morgan fingerprint density at radius 1 is 1.12 bits per heavy atom. The van der Waals surface area contributed by atoms with E-state index in [-0.39, 0.29) is 23.0 Å². The molecule has 0 fully saturated rings. The van der Waals surface area contributed by atoms with Gasteiger partial charge < -0.3 is 4.74 Å². The van der Waals surface area contributed by atoms with Gasteiger partial charge in [-0.2, -0.15) is 0 Å². The molecule has 0 spiro atoms. The summed E-state index contributed by atoms with van der Waals surface area (Å²) in [5.74, 6) is -1.20. The molecule has 7 heteroatoms. The largest absolute Gasteiger partial charge is 0.462 e. The molecule has 0 aromatic heterocycles. The average molecular weight is 379 g/mol. The summed E-state index contributed by atoms with van der Waals surface area (Å²) in [6, 6.07) is 10.3. The second-order valence-electron chi connectivity index (χ2n) is 6.19. The van der Waals surface area contributed by atoms with E-state index >= 15 is 0 Å². The minimum atomic E-state index is -3.57. The van der Waals surface area contributed by atoms with E-state index in [0.29, 0.717) is 17.7 Å². The lowest BCUT2D eigenvalue weighted by Gasteiger charge is -2.10. The van der Waals surface area contributed by atoms with Gasteiger partial charge in [0.25, 0.3) is 0 Å². The van der Waals surface area contributed by atoms with Gasteiger partial charge in [-0.3, -0.25) is 0 Å². The zero-order valence-electron chi connectivity index (χ0n) is 15.0. The molecule has 2 rings (SSSR count). The van der Waals surface area contributed by atoms with Gasteiger partial charge in [-0.1, -0.05) is 32.0 Å². The number of nitrogens with one attached hydrogen (secondary N) is 1. The van der Waals surface area contributed by atoms with Crippen LogP contribution in [0.1, 0.15) is 31.1 Å². The quantitative estimate of drug-likeness (QED) is 0.746. The molecule has 0 saturated heterocycles. The molecule has 2 aromatic carbocycles. The average Bonchev–Trinajstić information content (AvgIpc) is 2.61. The van der Waals surface area contributed by atoms with Gasteiger partial charge in [0, 0.05) is 6.54 Å². The van der Waals surface area contributed by atoms with Crippen LogP contribution in [0.3, 0.4) is 0 Å². The molecule has 0 heterocycles. The van der Waals surface area contributed by atoms with Crippen LogP contribution in [0.25, 0.3) is 11.1 Å². The Kier molecular flexibility index (Phi) is 6.50. The van der Waals surface area contributed by atoms with Crippen molar-refractivity contribution in [1.29, 1.82) is 0 Å². The van der Waals surface area contributed by atoms with E-state index in [4.69, 9.17) is 4.74 Å². The first-order valence-electron chi connectivity index (χ1n) is 8.31. The van der Waals surface area contributed by atoms with Gasteiger partial charge in [0.2, 0.25) is 10.0 Å². The van der Waals surface area contributed by atoms with E-state index in [0.717, 1.165) is 0 Å². The van der Waals surface area contributed by atoms with E-state index in [2.05, 4.69) is 4.72 Å². The third kappa shape index (κ3) is 4.89. The second-order valence-corrected chi connectivity index (χ2v) is 7.95. The molecule has 0 saturated carbocycles. The number of hydrogen-bond donors (Lipinski definition) is 1. The molecular formula is C19H22FNO4S.